The number of benzene rings is 2. The minimum Gasteiger partial charge on any atom is -0.348 e. The van der Waals surface area contributed by atoms with Crippen LogP contribution in [0.5, 0.6) is 0 Å². The molecule has 1 aliphatic heterocycles. The number of aryl methyl sites for hydroxylation is 2. The van der Waals surface area contributed by atoms with E-state index in [1.54, 1.807) is 29.2 Å². The van der Waals surface area contributed by atoms with E-state index in [-0.39, 0.29) is 36.5 Å². The molecule has 7 heteroatoms. The lowest BCUT2D eigenvalue weighted by molar-refractivity contribution is -0.128. The molecule has 0 atom stereocenters. The second kappa shape index (κ2) is 9.52. The number of anilines is 1. The highest BCUT2D eigenvalue weighted by Crippen LogP contribution is 2.18. The van der Waals surface area contributed by atoms with Crippen LogP contribution >= 0.6 is 0 Å². The Kier molecular flexibility index (Phi) is 6.82. The second-order valence-electron chi connectivity index (χ2n) is 7.57. The van der Waals surface area contributed by atoms with E-state index in [4.69, 9.17) is 0 Å². The van der Waals surface area contributed by atoms with Crippen LogP contribution in [0.2, 0.25) is 0 Å². The van der Waals surface area contributed by atoms with E-state index in [2.05, 4.69) is 10.6 Å². The van der Waals surface area contributed by atoms with E-state index < -0.39 is 0 Å². The average molecular weight is 411 g/mol. The highest BCUT2D eigenvalue weighted by Gasteiger charge is 2.20. The van der Waals surface area contributed by atoms with Crippen molar-refractivity contribution in [3.8, 4) is 0 Å². The Labute approximate surface area is 175 Å². The maximum atomic E-state index is 13.4. The lowest BCUT2D eigenvalue weighted by Crippen LogP contribution is -2.29. The molecule has 2 aromatic rings. The van der Waals surface area contributed by atoms with Gasteiger partial charge in [0.1, 0.15) is 5.82 Å². The number of rotatable bonds is 7. The van der Waals surface area contributed by atoms with Crippen molar-refractivity contribution in [2.45, 2.75) is 39.7 Å². The van der Waals surface area contributed by atoms with E-state index in [0.717, 1.165) is 17.5 Å². The standard InChI is InChI=1S/C23H26FN3O3/c1-15-6-8-19(24)12-18(15)14-25-23(30)17-7-5-16(2)20(13-17)26-21(28)9-11-27-10-3-4-22(27)29/h5-8,12-13H,3-4,9-11,14H2,1-2H3,(H,25,30)(H,26,28). The van der Waals surface area contributed by atoms with Crippen LogP contribution in [0.4, 0.5) is 10.1 Å². The van der Waals surface area contributed by atoms with Gasteiger partial charge < -0.3 is 15.5 Å². The summed E-state index contributed by atoms with van der Waals surface area (Å²) in [5.74, 6) is -0.769. The Balaban J connectivity index is 1.59. The monoisotopic (exact) mass is 411 g/mol. The molecule has 0 saturated carbocycles. The van der Waals surface area contributed by atoms with Crippen LogP contribution < -0.4 is 10.6 Å². The fraction of sp³-hybridized carbons (Fsp3) is 0.348. The predicted molar refractivity (Wildman–Crippen MR) is 113 cm³/mol. The smallest absolute Gasteiger partial charge is 0.251 e. The molecule has 1 fully saturated rings. The quantitative estimate of drug-likeness (QED) is 0.734. The molecule has 3 amide bonds. The Morgan fingerprint density at radius 2 is 1.87 bits per heavy atom. The third-order valence-corrected chi connectivity index (χ3v) is 5.30. The molecule has 1 heterocycles. The minimum absolute atomic E-state index is 0.0891. The topological polar surface area (TPSA) is 78.5 Å². The van der Waals surface area contributed by atoms with Gasteiger partial charge in [0.05, 0.1) is 0 Å². The Morgan fingerprint density at radius 1 is 1.10 bits per heavy atom. The van der Waals surface area contributed by atoms with Gasteiger partial charge in [0.2, 0.25) is 11.8 Å². The zero-order valence-corrected chi connectivity index (χ0v) is 17.3. The van der Waals surface area contributed by atoms with Crippen LogP contribution in [0, 0.1) is 19.7 Å². The minimum atomic E-state index is -0.346. The first kappa shape index (κ1) is 21.5. The lowest BCUT2D eigenvalue weighted by atomic mass is 10.1. The first-order valence-electron chi connectivity index (χ1n) is 10.0. The predicted octanol–water partition coefficient (Wildman–Crippen LogP) is 3.32. The molecular weight excluding hydrogens is 385 g/mol. The summed E-state index contributed by atoms with van der Waals surface area (Å²) in [5, 5.41) is 5.62. The van der Waals surface area contributed by atoms with Crippen LogP contribution in [-0.2, 0) is 16.1 Å². The number of likely N-dealkylation sites (tertiary alicyclic amines) is 1. The molecule has 1 aliphatic rings. The summed E-state index contributed by atoms with van der Waals surface area (Å²) in [6.45, 7) is 5.01. The summed E-state index contributed by atoms with van der Waals surface area (Å²) in [7, 11) is 0. The van der Waals surface area contributed by atoms with Crippen LogP contribution in [0.15, 0.2) is 36.4 Å². The Bertz CT molecular complexity index is 974. The van der Waals surface area contributed by atoms with Crippen molar-refractivity contribution in [1.82, 2.24) is 10.2 Å². The third-order valence-electron chi connectivity index (χ3n) is 5.30. The first-order valence-corrected chi connectivity index (χ1v) is 10.0. The Morgan fingerprint density at radius 3 is 2.60 bits per heavy atom. The van der Waals surface area contributed by atoms with Crippen LogP contribution in [0.25, 0.3) is 0 Å². The molecule has 6 nitrogen and oxygen atoms in total. The number of halogens is 1. The van der Waals surface area contributed by atoms with E-state index >= 15 is 0 Å². The molecule has 0 unspecified atom stereocenters. The number of nitrogens with one attached hydrogen (secondary N) is 2. The van der Waals surface area contributed by atoms with Gasteiger partial charge in [-0.05, 0) is 61.2 Å². The van der Waals surface area contributed by atoms with Gasteiger partial charge in [-0.3, -0.25) is 14.4 Å². The largest absolute Gasteiger partial charge is 0.348 e. The van der Waals surface area contributed by atoms with Gasteiger partial charge in [0.15, 0.2) is 0 Å². The van der Waals surface area contributed by atoms with Gasteiger partial charge in [-0.25, -0.2) is 4.39 Å². The summed E-state index contributed by atoms with van der Waals surface area (Å²) in [4.78, 5) is 38.2. The zero-order chi connectivity index (χ0) is 21.7. The second-order valence-corrected chi connectivity index (χ2v) is 7.57. The normalized spacial score (nSPS) is 13.4. The Hall–Kier alpha value is -3.22. The number of carbonyl (C=O) groups excluding carboxylic acids is 3. The molecule has 0 radical (unpaired) electrons. The van der Waals surface area contributed by atoms with E-state index in [9.17, 15) is 18.8 Å². The SMILES string of the molecule is Cc1ccc(F)cc1CNC(=O)c1ccc(C)c(NC(=O)CCN2CCCC2=O)c1. The summed E-state index contributed by atoms with van der Waals surface area (Å²) in [6, 6.07) is 9.54. The number of hydrogen-bond acceptors (Lipinski definition) is 3. The van der Waals surface area contributed by atoms with Crippen LogP contribution in [-0.4, -0.2) is 35.7 Å². The van der Waals surface area contributed by atoms with Gasteiger partial charge in [0.25, 0.3) is 5.91 Å². The fourth-order valence-electron chi connectivity index (χ4n) is 3.40. The summed E-state index contributed by atoms with van der Waals surface area (Å²) in [5.41, 5.74) is 3.39. The molecular formula is C23H26FN3O3. The van der Waals surface area contributed by atoms with Gasteiger partial charge in [-0.1, -0.05) is 12.1 Å². The van der Waals surface area contributed by atoms with Gasteiger partial charge in [0, 0.05) is 43.7 Å². The first-order chi connectivity index (χ1) is 14.3. The molecule has 158 valence electrons. The van der Waals surface area contributed by atoms with Gasteiger partial charge in [-0.15, -0.1) is 0 Å². The number of nitrogens with zero attached hydrogens (tertiary/aromatic N) is 1. The van der Waals surface area contributed by atoms with Crippen LogP contribution in [0.3, 0.4) is 0 Å². The van der Waals surface area contributed by atoms with E-state index in [1.807, 2.05) is 13.8 Å². The molecule has 1 saturated heterocycles. The number of hydrogen-bond donors (Lipinski definition) is 2. The fourth-order valence-corrected chi connectivity index (χ4v) is 3.40. The van der Waals surface area contributed by atoms with E-state index in [0.29, 0.717) is 36.3 Å². The molecule has 2 aromatic carbocycles. The van der Waals surface area contributed by atoms with Crippen molar-refractivity contribution >= 4 is 23.4 Å². The maximum Gasteiger partial charge on any atom is 0.251 e. The molecule has 0 spiro atoms. The lowest BCUT2D eigenvalue weighted by Gasteiger charge is -2.16. The number of amides is 3. The highest BCUT2D eigenvalue weighted by molar-refractivity contribution is 5.97. The maximum absolute atomic E-state index is 13.4. The molecule has 0 bridgehead atoms. The summed E-state index contributed by atoms with van der Waals surface area (Å²) >= 11 is 0. The van der Waals surface area contributed by atoms with Crippen LogP contribution in [0.1, 0.15) is 46.3 Å². The molecule has 0 aliphatic carbocycles. The van der Waals surface area contributed by atoms with Crippen molar-refractivity contribution in [1.29, 1.82) is 0 Å². The molecule has 30 heavy (non-hydrogen) atoms. The highest BCUT2D eigenvalue weighted by atomic mass is 19.1. The molecule has 0 aromatic heterocycles. The van der Waals surface area contributed by atoms with Crippen molar-refractivity contribution in [2.75, 3.05) is 18.4 Å². The summed E-state index contributed by atoms with van der Waals surface area (Å²) < 4.78 is 13.4. The molecule has 3 rings (SSSR count). The average Bonchev–Trinajstić information content (AvgIpc) is 3.13. The van der Waals surface area contributed by atoms with Crippen molar-refractivity contribution in [2.24, 2.45) is 0 Å². The van der Waals surface area contributed by atoms with E-state index in [1.165, 1.54) is 12.1 Å². The zero-order valence-electron chi connectivity index (χ0n) is 17.3. The van der Waals surface area contributed by atoms with Gasteiger partial charge in [-0.2, -0.15) is 0 Å². The van der Waals surface area contributed by atoms with Gasteiger partial charge >= 0.3 is 0 Å². The van der Waals surface area contributed by atoms with Crippen molar-refractivity contribution in [3.05, 3.63) is 64.5 Å². The third kappa shape index (κ3) is 5.43. The molecule has 2 N–H and O–H groups in total. The van der Waals surface area contributed by atoms with Crippen molar-refractivity contribution in [3.63, 3.8) is 0 Å². The van der Waals surface area contributed by atoms with Crippen molar-refractivity contribution < 1.29 is 18.8 Å². The summed E-state index contributed by atoms with van der Waals surface area (Å²) in [6.07, 6.45) is 1.60. The number of carbonyl (C=O) groups is 3.